The highest BCUT2D eigenvalue weighted by Crippen LogP contribution is 2.34. The monoisotopic (exact) mass is 359 g/mol. The molecule has 0 aromatic carbocycles. The lowest BCUT2D eigenvalue weighted by Crippen LogP contribution is -2.44. The molecule has 0 bridgehead atoms. The van der Waals surface area contributed by atoms with Gasteiger partial charge in [0.25, 0.3) is 0 Å². The lowest BCUT2D eigenvalue weighted by Gasteiger charge is -2.35. The van der Waals surface area contributed by atoms with Crippen molar-refractivity contribution in [1.82, 2.24) is 14.9 Å². The van der Waals surface area contributed by atoms with Crippen LogP contribution in [-0.4, -0.2) is 39.5 Å². The average Bonchev–Trinajstić information content (AvgIpc) is 3.11. The molecule has 1 saturated heterocycles. The van der Waals surface area contributed by atoms with Crippen molar-refractivity contribution in [3.63, 3.8) is 0 Å². The second-order valence-electron chi connectivity index (χ2n) is 6.32. The number of aliphatic imine (C=N–C) groups is 2. The minimum Gasteiger partial charge on any atom is -0.358 e. The van der Waals surface area contributed by atoms with E-state index >= 15 is 0 Å². The summed E-state index contributed by atoms with van der Waals surface area (Å²) in [6, 6.07) is 12.1. The third-order valence-electron chi connectivity index (χ3n) is 4.69. The van der Waals surface area contributed by atoms with Crippen LogP contribution in [0.5, 0.6) is 0 Å². The number of hydrogen-bond acceptors (Lipinski definition) is 6. The van der Waals surface area contributed by atoms with Crippen molar-refractivity contribution in [2.45, 2.75) is 12.5 Å². The molecule has 0 spiro atoms. The molecule has 26 heavy (non-hydrogen) atoms. The molecule has 5 nitrogen and oxygen atoms in total. The molecule has 2 aliphatic heterocycles. The highest BCUT2D eigenvalue weighted by atomic mass is 32.1. The van der Waals surface area contributed by atoms with Crippen LogP contribution in [0.1, 0.15) is 28.5 Å². The van der Waals surface area contributed by atoms with Gasteiger partial charge >= 0.3 is 0 Å². The van der Waals surface area contributed by atoms with E-state index in [1.165, 1.54) is 11.3 Å². The van der Waals surface area contributed by atoms with Crippen LogP contribution in [0.15, 0.2) is 70.4 Å². The average molecular weight is 359 g/mol. The zero-order valence-electron chi connectivity index (χ0n) is 14.1. The maximum atomic E-state index is 5.19. The number of hydrogen-bond donors (Lipinski definition) is 0. The summed E-state index contributed by atoms with van der Waals surface area (Å²) in [5.74, 6) is 1.73. The van der Waals surface area contributed by atoms with Crippen LogP contribution in [0.4, 0.5) is 5.82 Å². The SMILES string of the molecule is c1cncc(C2=NC(c3cccs3)C(N3CCC3)=Nc3ncccc32)c1. The topological polar surface area (TPSA) is 53.7 Å². The predicted octanol–water partition coefficient (Wildman–Crippen LogP) is 3.87. The van der Waals surface area contributed by atoms with E-state index in [0.29, 0.717) is 0 Å². The van der Waals surface area contributed by atoms with Crippen molar-refractivity contribution in [2.75, 3.05) is 13.1 Å². The Bertz CT molecular complexity index is 974. The Labute approximate surface area is 155 Å². The van der Waals surface area contributed by atoms with Gasteiger partial charge in [-0.1, -0.05) is 6.07 Å². The molecule has 0 N–H and O–H groups in total. The first-order chi connectivity index (χ1) is 12.9. The van der Waals surface area contributed by atoms with Gasteiger partial charge < -0.3 is 4.90 Å². The number of fused-ring (bicyclic) bond motifs is 1. The molecule has 128 valence electrons. The smallest absolute Gasteiger partial charge is 0.163 e. The van der Waals surface area contributed by atoms with E-state index in [0.717, 1.165) is 41.6 Å². The van der Waals surface area contributed by atoms with Crippen molar-refractivity contribution in [3.05, 3.63) is 76.4 Å². The Kier molecular flexibility index (Phi) is 3.83. The minimum atomic E-state index is -0.111. The molecule has 0 saturated carbocycles. The molecule has 1 fully saturated rings. The molecule has 1 unspecified atom stereocenters. The van der Waals surface area contributed by atoms with Crippen LogP contribution in [0, 0.1) is 0 Å². The van der Waals surface area contributed by atoms with Gasteiger partial charge in [0.1, 0.15) is 11.9 Å². The summed E-state index contributed by atoms with van der Waals surface area (Å²) < 4.78 is 0. The van der Waals surface area contributed by atoms with Crippen molar-refractivity contribution < 1.29 is 0 Å². The van der Waals surface area contributed by atoms with E-state index < -0.39 is 0 Å². The van der Waals surface area contributed by atoms with Crippen LogP contribution in [0.3, 0.4) is 0 Å². The van der Waals surface area contributed by atoms with Gasteiger partial charge in [0.15, 0.2) is 5.82 Å². The fourth-order valence-corrected chi connectivity index (χ4v) is 4.01. The molecule has 0 aliphatic carbocycles. The Morgan fingerprint density at radius 2 is 1.96 bits per heavy atom. The summed E-state index contributed by atoms with van der Waals surface area (Å²) in [4.78, 5) is 22.5. The van der Waals surface area contributed by atoms with Crippen LogP contribution in [0.25, 0.3) is 0 Å². The third kappa shape index (κ3) is 2.63. The number of thiophene rings is 1. The quantitative estimate of drug-likeness (QED) is 0.698. The van der Waals surface area contributed by atoms with E-state index in [4.69, 9.17) is 9.98 Å². The molecule has 5 heterocycles. The summed E-state index contributed by atoms with van der Waals surface area (Å²) in [6.45, 7) is 2.06. The largest absolute Gasteiger partial charge is 0.358 e. The Balaban J connectivity index is 1.74. The highest BCUT2D eigenvalue weighted by molar-refractivity contribution is 7.10. The van der Waals surface area contributed by atoms with E-state index in [1.807, 2.05) is 30.5 Å². The van der Waals surface area contributed by atoms with Gasteiger partial charge in [0.2, 0.25) is 0 Å². The first-order valence-corrected chi connectivity index (χ1v) is 9.58. The molecule has 3 aromatic rings. The predicted molar refractivity (Wildman–Crippen MR) is 104 cm³/mol. The summed E-state index contributed by atoms with van der Waals surface area (Å²) >= 11 is 1.72. The fraction of sp³-hybridized carbons (Fsp3) is 0.200. The van der Waals surface area contributed by atoms with Crippen LogP contribution >= 0.6 is 11.3 Å². The molecule has 5 rings (SSSR count). The second-order valence-corrected chi connectivity index (χ2v) is 7.30. The van der Waals surface area contributed by atoms with E-state index in [2.05, 4.69) is 32.4 Å². The molecular formula is C20H17N5S. The normalized spacial score (nSPS) is 19.1. The number of amidine groups is 1. The summed E-state index contributed by atoms with van der Waals surface area (Å²) in [5, 5.41) is 2.10. The minimum absolute atomic E-state index is 0.111. The third-order valence-corrected chi connectivity index (χ3v) is 5.62. The molecular weight excluding hydrogens is 342 g/mol. The lowest BCUT2D eigenvalue weighted by molar-refractivity contribution is 0.291. The molecule has 6 heteroatoms. The number of rotatable bonds is 2. The standard InChI is InChI=1S/C20H17N5S/c1-5-14(13-21-8-1)17-15-6-2-9-22-19(15)24-20(25-10-4-11-25)18(23-17)16-7-3-12-26-16/h1-3,5-9,12-13,18H,4,10-11H2. The van der Waals surface area contributed by atoms with Gasteiger partial charge in [-0.2, -0.15) is 0 Å². The molecule has 3 aromatic heterocycles. The van der Waals surface area contributed by atoms with Gasteiger partial charge in [0, 0.05) is 47.7 Å². The Hall–Kier alpha value is -2.86. The zero-order valence-corrected chi connectivity index (χ0v) is 14.9. The van der Waals surface area contributed by atoms with E-state index in [9.17, 15) is 0 Å². The molecule has 0 amide bonds. The highest BCUT2D eigenvalue weighted by Gasteiger charge is 2.31. The maximum Gasteiger partial charge on any atom is 0.163 e. The number of nitrogens with zero attached hydrogens (tertiary/aromatic N) is 5. The second kappa shape index (κ2) is 6.46. The van der Waals surface area contributed by atoms with Gasteiger partial charge in [-0.25, -0.2) is 9.98 Å². The number of pyridine rings is 2. The molecule has 0 radical (unpaired) electrons. The van der Waals surface area contributed by atoms with Crippen molar-refractivity contribution >= 4 is 28.7 Å². The maximum absolute atomic E-state index is 5.19. The fourth-order valence-electron chi connectivity index (χ4n) is 3.26. The lowest BCUT2D eigenvalue weighted by atomic mass is 10.0. The van der Waals surface area contributed by atoms with E-state index in [-0.39, 0.29) is 6.04 Å². The van der Waals surface area contributed by atoms with Crippen molar-refractivity contribution in [3.8, 4) is 0 Å². The van der Waals surface area contributed by atoms with Crippen LogP contribution in [0.2, 0.25) is 0 Å². The van der Waals surface area contributed by atoms with Crippen LogP contribution < -0.4 is 0 Å². The summed E-state index contributed by atoms with van der Waals surface area (Å²) in [6.07, 6.45) is 6.63. The summed E-state index contributed by atoms with van der Waals surface area (Å²) in [5.41, 5.74) is 2.85. The van der Waals surface area contributed by atoms with Gasteiger partial charge in [-0.15, -0.1) is 11.3 Å². The summed E-state index contributed by atoms with van der Waals surface area (Å²) in [7, 11) is 0. The molecule has 2 aliphatic rings. The van der Waals surface area contributed by atoms with Gasteiger partial charge in [-0.05, 0) is 42.1 Å². The zero-order chi connectivity index (χ0) is 17.3. The first kappa shape index (κ1) is 15.4. The van der Waals surface area contributed by atoms with E-state index in [1.54, 1.807) is 23.7 Å². The molecule has 1 atom stereocenters. The van der Waals surface area contributed by atoms with Crippen LogP contribution in [-0.2, 0) is 0 Å². The first-order valence-electron chi connectivity index (χ1n) is 8.71. The van der Waals surface area contributed by atoms with Crippen molar-refractivity contribution in [2.24, 2.45) is 9.98 Å². The van der Waals surface area contributed by atoms with Gasteiger partial charge in [-0.3, -0.25) is 9.98 Å². The van der Waals surface area contributed by atoms with Crippen molar-refractivity contribution in [1.29, 1.82) is 0 Å². The van der Waals surface area contributed by atoms with Gasteiger partial charge in [0.05, 0.1) is 5.71 Å². The number of likely N-dealkylation sites (tertiary alicyclic amines) is 1. The number of aromatic nitrogens is 2. The Morgan fingerprint density at radius 1 is 1.04 bits per heavy atom. The Morgan fingerprint density at radius 3 is 2.69 bits per heavy atom.